The molecule has 0 aliphatic carbocycles. The number of carbonyl (C=O) groups is 1. The summed E-state index contributed by atoms with van der Waals surface area (Å²) in [4.78, 5) is 17.9. The summed E-state index contributed by atoms with van der Waals surface area (Å²) in [6.45, 7) is 9.86. The number of thiazole rings is 1. The Bertz CT molecular complexity index is 1140. The minimum Gasteiger partial charge on any atom is -0.390 e. The van der Waals surface area contributed by atoms with Gasteiger partial charge in [0.2, 0.25) is 10.0 Å². The van der Waals surface area contributed by atoms with Crippen molar-refractivity contribution in [1.29, 1.82) is 0 Å². The SMILES string of the molecule is CCNc1cc(C(=O)N[C@@H](Cc2nccs2)[C@H](O)CNC(C)CCCC(C)C)cc(N2CCCCS2(=O)=O)c1. The van der Waals surface area contributed by atoms with Crippen molar-refractivity contribution in [2.75, 3.05) is 35.0 Å². The highest BCUT2D eigenvalue weighted by atomic mass is 32.2. The Morgan fingerprint density at radius 3 is 2.64 bits per heavy atom. The van der Waals surface area contributed by atoms with E-state index in [0.29, 0.717) is 55.3 Å². The number of anilines is 2. The topological polar surface area (TPSA) is 124 Å². The van der Waals surface area contributed by atoms with Gasteiger partial charge in [0.05, 0.1) is 28.6 Å². The van der Waals surface area contributed by atoms with Crippen LogP contribution in [0.2, 0.25) is 0 Å². The molecule has 39 heavy (non-hydrogen) atoms. The van der Waals surface area contributed by atoms with Crippen LogP contribution in [0.5, 0.6) is 0 Å². The molecule has 1 aromatic carbocycles. The molecule has 1 aliphatic rings. The molecule has 1 amide bonds. The lowest BCUT2D eigenvalue weighted by molar-refractivity contribution is 0.0825. The van der Waals surface area contributed by atoms with Gasteiger partial charge in [0, 0.05) is 54.9 Å². The Morgan fingerprint density at radius 1 is 1.18 bits per heavy atom. The lowest BCUT2D eigenvalue weighted by Gasteiger charge is -2.29. The Morgan fingerprint density at radius 2 is 1.97 bits per heavy atom. The molecule has 4 N–H and O–H groups in total. The number of carbonyl (C=O) groups excluding carboxylic acids is 1. The second kappa shape index (κ2) is 15.0. The molecular weight excluding hydrogens is 534 g/mol. The molecule has 0 spiro atoms. The quantitative estimate of drug-likeness (QED) is 0.251. The number of hydrogen-bond donors (Lipinski definition) is 4. The Labute approximate surface area is 237 Å². The van der Waals surface area contributed by atoms with E-state index in [0.717, 1.165) is 24.3 Å². The van der Waals surface area contributed by atoms with E-state index in [9.17, 15) is 18.3 Å². The fourth-order valence-corrected chi connectivity index (χ4v) is 7.05. The standard InChI is InChI=1S/C28H45N5O4S2/c1-5-29-23-15-22(16-24(17-23)33-12-6-7-14-39(33,36)37)28(35)32-25(18-27-30-11-13-38-27)26(34)19-31-21(4)10-8-9-20(2)3/h11,13,15-17,20-21,25-26,29,31,34H,5-10,12,14,18-19H2,1-4H3,(H,32,35)/t21?,25-,26+/m0/s1. The predicted octanol–water partition coefficient (Wildman–Crippen LogP) is 4.01. The average Bonchev–Trinajstić information content (AvgIpc) is 3.39. The minimum atomic E-state index is -3.43. The maximum atomic E-state index is 13.5. The van der Waals surface area contributed by atoms with Crippen LogP contribution in [0, 0.1) is 5.92 Å². The third-order valence-corrected chi connectivity index (χ3v) is 9.62. The average molecular weight is 580 g/mol. The summed E-state index contributed by atoms with van der Waals surface area (Å²) in [5.74, 6) is 0.406. The van der Waals surface area contributed by atoms with Crippen molar-refractivity contribution >= 4 is 38.6 Å². The molecule has 1 unspecified atom stereocenters. The summed E-state index contributed by atoms with van der Waals surface area (Å²) in [7, 11) is -3.43. The molecule has 2 heterocycles. The first-order chi connectivity index (χ1) is 18.6. The zero-order chi connectivity index (χ0) is 28.4. The van der Waals surface area contributed by atoms with Gasteiger partial charge in [-0.05, 0) is 57.2 Å². The van der Waals surface area contributed by atoms with E-state index in [1.807, 2.05) is 12.3 Å². The van der Waals surface area contributed by atoms with Crippen molar-refractivity contribution in [3.63, 3.8) is 0 Å². The summed E-state index contributed by atoms with van der Waals surface area (Å²) >= 11 is 1.48. The third-order valence-electron chi connectivity index (χ3n) is 6.95. The molecule has 218 valence electrons. The number of aliphatic hydroxyl groups excluding tert-OH is 1. The first-order valence-corrected chi connectivity index (χ1v) is 16.6. The van der Waals surface area contributed by atoms with Crippen LogP contribution >= 0.6 is 11.3 Å². The lowest BCUT2D eigenvalue weighted by atomic mass is 10.0. The van der Waals surface area contributed by atoms with Crippen molar-refractivity contribution in [2.45, 2.75) is 84.4 Å². The van der Waals surface area contributed by atoms with E-state index < -0.39 is 22.2 Å². The van der Waals surface area contributed by atoms with Crippen LogP contribution < -0.4 is 20.3 Å². The highest BCUT2D eigenvalue weighted by Gasteiger charge is 2.28. The van der Waals surface area contributed by atoms with Gasteiger partial charge >= 0.3 is 0 Å². The molecule has 1 aliphatic heterocycles. The van der Waals surface area contributed by atoms with Crippen molar-refractivity contribution in [3.05, 3.63) is 40.3 Å². The maximum absolute atomic E-state index is 13.5. The molecule has 3 rings (SSSR count). The molecule has 1 saturated heterocycles. The number of nitrogens with one attached hydrogen (secondary N) is 3. The molecule has 3 atom stereocenters. The number of nitrogens with zero attached hydrogens (tertiary/aromatic N) is 2. The first-order valence-electron chi connectivity index (χ1n) is 14.1. The fraction of sp³-hybridized carbons (Fsp3) is 0.643. The van der Waals surface area contributed by atoms with E-state index in [1.54, 1.807) is 24.4 Å². The van der Waals surface area contributed by atoms with Crippen LogP contribution in [0.25, 0.3) is 0 Å². The van der Waals surface area contributed by atoms with Crippen molar-refractivity contribution in [2.24, 2.45) is 5.92 Å². The molecule has 0 saturated carbocycles. The molecule has 2 aromatic rings. The maximum Gasteiger partial charge on any atom is 0.251 e. The monoisotopic (exact) mass is 579 g/mol. The summed E-state index contributed by atoms with van der Waals surface area (Å²) in [5.41, 5.74) is 1.50. The second-order valence-corrected chi connectivity index (χ2v) is 13.8. The summed E-state index contributed by atoms with van der Waals surface area (Å²) < 4.78 is 26.9. The molecule has 0 bridgehead atoms. The first kappa shape index (κ1) is 31.3. The molecular formula is C28H45N5O4S2. The molecule has 1 aromatic heterocycles. The zero-order valence-corrected chi connectivity index (χ0v) is 25.3. The Balaban J connectivity index is 1.76. The molecule has 11 heteroatoms. The van der Waals surface area contributed by atoms with Gasteiger partial charge in [0.1, 0.15) is 0 Å². The number of sulfonamides is 1. The highest BCUT2D eigenvalue weighted by Crippen LogP contribution is 2.28. The number of rotatable bonds is 15. The summed E-state index contributed by atoms with van der Waals surface area (Å²) in [5, 5.41) is 23.5. The van der Waals surface area contributed by atoms with Gasteiger partial charge in [-0.25, -0.2) is 13.4 Å². The van der Waals surface area contributed by atoms with Crippen LogP contribution in [0.15, 0.2) is 29.8 Å². The van der Waals surface area contributed by atoms with E-state index in [4.69, 9.17) is 0 Å². The van der Waals surface area contributed by atoms with Gasteiger partial charge in [0.15, 0.2) is 0 Å². The van der Waals surface area contributed by atoms with Crippen molar-refractivity contribution in [3.8, 4) is 0 Å². The minimum absolute atomic E-state index is 0.102. The molecule has 0 radical (unpaired) electrons. The van der Waals surface area contributed by atoms with E-state index >= 15 is 0 Å². The zero-order valence-electron chi connectivity index (χ0n) is 23.7. The van der Waals surface area contributed by atoms with Crippen LogP contribution in [0.4, 0.5) is 11.4 Å². The lowest BCUT2D eigenvalue weighted by Crippen LogP contribution is -2.49. The highest BCUT2D eigenvalue weighted by molar-refractivity contribution is 7.92. The molecule has 1 fully saturated rings. The fourth-order valence-electron chi connectivity index (χ4n) is 4.75. The van der Waals surface area contributed by atoms with E-state index in [-0.39, 0.29) is 17.7 Å². The van der Waals surface area contributed by atoms with Gasteiger partial charge in [-0.2, -0.15) is 0 Å². The number of aliphatic hydroxyl groups is 1. The Kier molecular flexibility index (Phi) is 12.0. The number of aromatic nitrogens is 1. The summed E-state index contributed by atoms with van der Waals surface area (Å²) in [6.07, 6.45) is 6.01. The number of hydrogen-bond acceptors (Lipinski definition) is 8. The normalized spacial score (nSPS) is 17.5. The smallest absolute Gasteiger partial charge is 0.251 e. The number of amides is 1. The summed E-state index contributed by atoms with van der Waals surface area (Å²) in [6, 6.07) is 4.81. The van der Waals surface area contributed by atoms with Crippen LogP contribution in [0.1, 0.15) is 75.2 Å². The largest absolute Gasteiger partial charge is 0.390 e. The van der Waals surface area contributed by atoms with Crippen LogP contribution in [0.3, 0.4) is 0 Å². The number of benzene rings is 1. The molecule has 9 nitrogen and oxygen atoms in total. The Hall–Kier alpha value is -2.21. The third kappa shape index (κ3) is 9.73. The predicted molar refractivity (Wildman–Crippen MR) is 160 cm³/mol. The van der Waals surface area contributed by atoms with Gasteiger partial charge in [-0.1, -0.05) is 26.7 Å². The van der Waals surface area contributed by atoms with E-state index in [2.05, 4.69) is 41.7 Å². The van der Waals surface area contributed by atoms with Gasteiger partial charge in [0.25, 0.3) is 5.91 Å². The van der Waals surface area contributed by atoms with Crippen LogP contribution in [-0.2, 0) is 16.4 Å². The van der Waals surface area contributed by atoms with Gasteiger partial charge in [-0.15, -0.1) is 11.3 Å². The van der Waals surface area contributed by atoms with Gasteiger partial charge in [-0.3, -0.25) is 9.10 Å². The van der Waals surface area contributed by atoms with Crippen molar-refractivity contribution in [1.82, 2.24) is 15.6 Å². The van der Waals surface area contributed by atoms with E-state index in [1.165, 1.54) is 22.1 Å². The second-order valence-electron chi connectivity index (χ2n) is 10.8. The van der Waals surface area contributed by atoms with Crippen LogP contribution in [-0.4, -0.2) is 68.0 Å². The van der Waals surface area contributed by atoms with Crippen molar-refractivity contribution < 1.29 is 18.3 Å². The van der Waals surface area contributed by atoms with Gasteiger partial charge < -0.3 is 21.1 Å².